The maximum absolute atomic E-state index is 13.2. The van der Waals surface area contributed by atoms with Gasteiger partial charge in [-0.25, -0.2) is 8.78 Å². The van der Waals surface area contributed by atoms with E-state index in [0.29, 0.717) is 0 Å². The quantitative estimate of drug-likeness (QED) is 0.568. The van der Waals surface area contributed by atoms with Crippen molar-refractivity contribution in [2.45, 2.75) is 32.1 Å². The highest BCUT2D eigenvalue weighted by atomic mass is 35.5. The number of carbonyl (C=O) groups excluding carboxylic acids is 1. The summed E-state index contributed by atoms with van der Waals surface area (Å²) in [6.07, 6.45) is 4.77. The van der Waals surface area contributed by atoms with Crippen LogP contribution in [0.2, 0.25) is 5.02 Å². The third-order valence-corrected chi connectivity index (χ3v) is 3.61. The minimum Gasteiger partial charge on any atom is -0.294 e. The van der Waals surface area contributed by atoms with Crippen LogP contribution in [-0.2, 0) is 0 Å². The van der Waals surface area contributed by atoms with Crippen LogP contribution in [0.5, 0.6) is 0 Å². The molecule has 0 spiro atoms. The van der Waals surface area contributed by atoms with Gasteiger partial charge in [0.1, 0.15) is 16.7 Å². The Morgan fingerprint density at radius 3 is 2.18 bits per heavy atom. The summed E-state index contributed by atoms with van der Waals surface area (Å²) >= 11 is 5.38. The van der Waals surface area contributed by atoms with Gasteiger partial charge >= 0.3 is 0 Å². The van der Waals surface area contributed by atoms with Crippen LogP contribution in [0.15, 0.2) is 12.1 Å². The summed E-state index contributed by atoms with van der Waals surface area (Å²) in [5, 5.41) is -0.551. The van der Waals surface area contributed by atoms with Crippen LogP contribution in [0.25, 0.3) is 0 Å². The molecule has 2 rings (SSSR count). The van der Waals surface area contributed by atoms with Crippen molar-refractivity contribution >= 4 is 17.4 Å². The van der Waals surface area contributed by atoms with Crippen molar-refractivity contribution in [2.75, 3.05) is 0 Å². The summed E-state index contributed by atoms with van der Waals surface area (Å²) in [5.74, 6) is -2.00. The van der Waals surface area contributed by atoms with Crippen LogP contribution >= 0.6 is 11.6 Å². The van der Waals surface area contributed by atoms with Crippen molar-refractivity contribution < 1.29 is 13.6 Å². The molecule has 0 heterocycles. The van der Waals surface area contributed by atoms with Crippen LogP contribution in [-0.4, -0.2) is 5.78 Å². The van der Waals surface area contributed by atoms with Crippen LogP contribution in [0, 0.1) is 17.6 Å². The lowest BCUT2D eigenvalue weighted by atomic mass is 9.84. The summed E-state index contributed by atoms with van der Waals surface area (Å²) in [6, 6.07) is 2.06. The third-order valence-electron chi connectivity index (χ3n) is 3.24. The van der Waals surface area contributed by atoms with Gasteiger partial charge in [0.25, 0.3) is 0 Å². The predicted molar refractivity (Wildman–Crippen MR) is 62.3 cm³/mol. The highest BCUT2D eigenvalue weighted by Gasteiger charge is 2.24. The summed E-state index contributed by atoms with van der Waals surface area (Å²) in [4.78, 5) is 12.0. The van der Waals surface area contributed by atoms with Gasteiger partial charge in [0.2, 0.25) is 0 Å². The topological polar surface area (TPSA) is 17.1 Å². The molecule has 17 heavy (non-hydrogen) atoms. The molecule has 92 valence electrons. The van der Waals surface area contributed by atoms with Crippen molar-refractivity contribution in [2.24, 2.45) is 5.92 Å². The molecule has 1 nitrogen and oxygen atoms in total. The number of ketones is 1. The number of hydrogen-bond donors (Lipinski definition) is 0. The van der Waals surface area contributed by atoms with Gasteiger partial charge in [-0.3, -0.25) is 4.79 Å². The summed E-state index contributed by atoms with van der Waals surface area (Å²) in [5.41, 5.74) is 0.0938. The first-order valence-electron chi connectivity index (χ1n) is 5.78. The van der Waals surface area contributed by atoms with E-state index in [1.807, 2.05) is 0 Å². The van der Waals surface area contributed by atoms with Gasteiger partial charge < -0.3 is 0 Å². The van der Waals surface area contributed by atoms with Crippen LogP contribution in [0.4, 0.5) is 8.78 Å². The average molecular weight is 259 g/mol. The molecule has 0 saturated heterocycles. The highest BCUT2D eigenvalue weighted by molar-refractivity contribution is 6.31. The molecule has 0 bridgehead atoms. The average Bonchev–Trinajstić information content (AvgIpc) is 2.35. The fourth-order valence-electron chi connectivity index (χ4n) is 2.30. The monoisotopic (exact) mass is 258 g/mol. The summed E-state index contributed by atoms with van der Waals surface area (Å²) in [7, 11) is 0. The second-order valence-corrected chi connectivity index (χ2v) is 4.83. The molecule has 1 saturated carbocycles. The second-order valence-electron chi connectivity index (χ2n) is 4.45. The number of carbonyl (C=O) groups is 1. The van der Waals surface area contributed by atoms with E-state index in [1.165, 1.54) is 0 Å². The van der Waals surface area contributed by atoms with E-state index in [-0.39, 0.29) is 17.3 Å². The lowest BCUT2D eigenvalue weighted by molar-refractivity contribution is 0.0888. The Morgan fingerprint density at radius 2 is 1.65 bits per heavy atom. The number of Topliss-reactive ketones (excluding diaryl/α,β-unsaturated/α-hetero) is 1. The first kappa shape index (κ1) is 12.5. The zero-order chi connectivity index (χ0) is 12.4. The molecule has 0 aromatic heterocycles. The molecule has 0 radical (unpaired) electrons. The number of rotatable bonds is 2. The third kappa shape index (κ3) is 2.65. The molecule has 1 aromatic rings. The lowest BCUT2D eigenvalue weighted by Crippen LogP contribution is -2.18. The molecular weight excluding hydrogens is 246 g/mol. The van der Waals surface area contributed by atoms with E-state index in [4.69, 9.17) is 11.6 Å². The fraction of sp³-hybridized carbons (Fsp3) is 0.462. The van der Waals surface area contributed by atoms with Crippen LogP contribution in [0.1, 0.15) is 42.5 Å². The van der Waals surface area contributed by atoms with Gasteiger partial charge in [-0.15, -0.1) is 0 Å². The van der Waals surface area contributed by atoms with Crippen molar-refractivity contribution in [1.29, 1.82) is 0 Å². The molecule has 0 N–H and O–H groups in total. The van der Waals surface area contributed by atoms with E-state index in [1.54, 1.807) is 0 Å². The standard InChI is InChI=1S/C13H13ClF2O/c14-12-10(15)6-9(7-11(12)16)13(17)8-4-2-1-3-5-8/h6-8H,1-5H2. The zero-order valence-electron chi connectivity index (χ0n) is 9.31. The van der Waals surface area contributed by atoms with Gasteiger partial charge in [0.05, 0.1) is 0 Å². The maximum Gasteiger partial charge on any atom is 0.166 e. The molecule has 1 fully saturated rings. The summed E-state index contributed by atoms with van der Waals surface area (Å²) in [6.45, 7) is 0. The second kappa shape index (κ2) is 5.13. The Morgan fingerprint density at radius 1 is 1.12 bits per heavy atom. The Balaban J connectivity index is 2.24. The maximum atomic E-state index is 13.2. The van der Waals surface area contributed by atoms with Crippen molar-refractivity contribution in [3.05, 3.63) is 34.4 Å². The SMILES string of the molecule is O=C(c1cc(F)c(Cl)c(F)c1)C1CCCCC1. The van der Waals surface area contributed by atoms with Gasteiger partial charge in [0.15, 0.2) is 5.78 Å². The first-order chi connectivity index (χ1) is 8.09. The lowest BCUT2D eigenvalue weighted by Gasteiger charge is -2.20. The number of halogens is 3. The normalized spacial score (nSPS) is 17.1. The van der Waals surface area contributed by atoms with Gasteiger partial charge in [0, 0.05) is 11.5 Å². The Labute approximate surface area is 104 Å². The minimum absolute atomic E-state index is 0.0938. The van der Waals surface area contributed by atoms with Crippen LogP contribution < -0.4 is 0 Å². The van der Waals surface area contributed by atoms with Crippen molar-refractivity contribution in [3.8, 4) is 0 Å². The molecule has 1 aliphatic carbocycles. The highest BCUT2D eigenvalue weighted by Crippen LogP contribution is 2.28. The van der Waals surface area contributed by atoms with E-state index in [0.717, 1.165) is 44.2 Å². The first-order valence-corrected chi connectivity index (χ1v) is 6.16. The van der Waals surface area contributed by atoms with E-state index in [2.05, 4.69) is 0 Å². The Bertz CT molecular complexity index is 416. The van der Waals surface area contributed by atoms with Crippen molar-refractivity contribution in [3.63, 3.8) is 0 Å². The molecule has 1 aromatic carbocycles. The molecule has 0 aliphatic heterocycles. The molecule has 0 amide bonds. The molecular formula is C13H13ClF2O. The van der Waals surface area contributed by atoms with Gasteiger partial charge in [-0.05, 0) is 25.0 Å². The molecule has 0 atom stereocenters. The van der Waals surface area contributed by atoms with Crippen LogP contribution in [0.3, 0.4) is 0 Å². The predicted octanol–water partition coefficient (Wildman–Crippen LogP) is 4.38. The van der Waals surface area contributed by atoms with E-state index >= 15 is 0 Å². The Hall–Kier alpha value is -0.960. The largest absolute Gasteiger partial charge is 0.294 e. The number of hydrogen-bond acceptors (Lipinski definition) is 1. The van der Waals surface area contributed by atoms with Crippen molar-refractivity contribution in [1.82, 2.24) is 0 Å². The molecule has 4 heteroatoms. The molecule has 1 aliphatic rings. The summed E-state index contributed by atoms with van der Waals surface area (Å²) < 4.78 is 26.5. The van der Waals surface area contributed by atoms with Gasteiger partial charge in [-0.1, -0.05) is 30.9 Å². The van der Waals surface area contributed by atoms with E-state index in [9.17, 15) is 13.6 Å². The Kier molecular flexibility index (Phi) is 3.77. The molecule has 0 unspecified atom stereocenters. The van der Waals surface area contributed by atoms with Gasteiger partial charge in [-0.2, -0.15) is 0 Å². The minimum atomic E-state index is -0.870. The fourth-order valence-corrected chi connectivity index (χ4v) is 2.41. The smallest absolute Gasteiger partial charge is 0.166 e. The van der Waals surface area contributed by atoms with E-state index < -0.39 is 16.7 Å². The number of benzene rings is 1. The zero-order valence-corrected chi connectivity index (χ0v) is 10.1.